The summed E-state index contributed by atoms with van der Waals surface area (Å²) >= 11 is 0. The predicted octanol–water partition coefficient (Wildman–Crippen LogP) is 3.72. The lowest BCUT2D eigenvalue weighted by atomic mass is 9.99. The molecular formula is C29H35N5O5. The number of aliphatic hydroxyl groups is 1. The van der Waals surface area contributed by atoms with Crippen LogP contribution in [0.1, 0.15) is 48.4 Å². The Bertz CT molecular complexity index is 1310. The first-order chi connectivity index (χ1) is 18.8. The number of carbonyl (C=O) groups is 1. The highest BCUT2D eigenvalue weighted by atomic mass is 16.5. The van der Waals surface area contributed by atoms with E-state index in [1.807, 2.05) is 13.0 Å². The minimum atomic E-state index is -1.08. The lowest BCUT2D eigenvalue weighted by Crippen LogP contribution is -2.37. The molecule has 1 amide bonds. The summed E-state index contributed by atoms with van der Waals surface area (Å²) < 4.78 is 17.4. The molecule has 10 nitrogen and oxygen atoms in total. The van der Waals surface area contributed by atoms with Gasteiger partial charge in [-0.25, -0.2) is 4.98 Å². The molecule has 0 aromatic carbocycles. The maximum absolute atomic E-state index is 13.0. The lowest BCUT2D eigenvalue weighted by molar-refractivity contribution is 0.0238. The van der Waals surface area contributed by atoms with Gasteiger partial charge in [-0.05, 0) is 50.6 Å². The Balaban J connectivity index is 1.42. The maximum atomic E-state index is 13.0. The zero-order chi connectivity index (χ0) is 27.4. The molecule has 0 saturated carbocycles. The van der Waals surface area contributed by atoms with Gasteiger partial charge in [0, 0.05) is 55.1 Å². The highest BCUT2D eigenvalue weighted by Crippen LogP contribution is 2.35. The molecule has 5 heterocycles. The molecule has 10 heteroatoms. The number of carbonyl (C=O) groups excluding carboxylic acids is 1. The van der Waals surface area contributed by atoms with Gasteiger partial charge in [-0.1, -0.05) is 0 Å². The van der Waals surface area contributed by atoms with Crippen molar-refractivity contribution in [3.63, 3.8) is 0 Å². The second kappa shape index (κ2) is 11.6. The molecule has 39 heavy (non-hydrogen) atoms. The minimum Gasteiger partial charge on any atom is -0.473 e. The first-order valence-electron chi connectivity index (χ1n) is 13.3. The van der Waals surface area contributed by atoms with Crippen molar-refractivity contribution < 1.29 is 24.1 Å². The molecule has 2 saturated heterocycles. The van der Waals surface area contributed by atoms with E-state index in [1.165, 1.54) is 6.20 Å². The van der Waals surface area contributed by atoms with Gasteiger partial charge in [-0.3, -0.25) is 14.8 Å². The van der Waals surface area contributed by atoms with Crippen molar-refractivity contribution in [3.8, 4) is 17.0 Å². The third-order valence-corrected chi connectivity index (χ3v) is 6.99. The van der Waals surface area contributed by atoms with Gasteiger partial charge in [0.15, 0.2) is 0 Å². The molecular weight excluding hydrogens is 498 g/mol. The van der Waals surface area contributed by atoms with Gasteiger partial charge in [0.25, 0.3) is 5.91 Å². The molecule has 2 N–H and O–H groups in total. The fourth-order valence-corrected chi connectivity index (χ4v) is 4.69. The fraction of sp³-hybridized carbons (Fsp3) is 0.448. The third-order valence-electron chi connectivity index (χ3n) is 6.99. The van der Waals surface area contributed by atoms with E-state index < -0.39 is 5.60 Å². The van der Waals surface area contributed by atoms with Crippen LogP contribution in [0.3, 0.4) is 0 Å². The Kier molecular flexibility index (Phi) is 8.06. The summed E-state index contributed by atoms with van der Waals surface area (Å²) in [5, 5.41) is 13.2. The molecule has 0 spiro atoms. The molecule has 0 bridgehead atoms. The maximum Gasteiger partial charge on any atom is 0.274 e. The van der Waals surface area contributed by atoms with Gasteiger partial charge in [0.1, 0.15) is 17.5 Å². The molecule has 0 unspecified atom stereocenters. The Labute approximate surface area is 228 Å². The van der Waals surface area contributed by atoms with Gasteiger partial charge in [-0.2, -0.15) is 0 Å². The van der Waals surface area contributed by atoms with Crippen LogP contribution in [-0.2, 0) is 15.1 Å². The molecule has 206 valence electrons. The predicted molar refractivity (Wildman–Crippen MR) is 147 cm³/mol. The molecule has 2 aliphatic rings. The average Bonchev–Trinajstić information content (AvgIpc) is 2.95. The second-order valence-electron chi connectivity index (χ2n) is 10.4. The van der Waals surface area contributed by atoms with Crippen molar-refractivity contribution in [2.45, 2.75) is 45.3 Å². The molecule has 2 aliphatic heterocycles. The van der Waals surface area contributed by atoms with Crippen LogP contribution in [0.5, 0.6) is 5.88 Å². The highest BCUT2D eigenvalue weighted by molar-refractivity contribution is 6.03. The number of ether oxygens (including phenoxy) is 3. The fourth-order valence-electron chi connectivity index (χ4n) is 4.69. The van der Waals surface area contributed by atoms with Crippen molar-refractivity contribution in [2.24, 2.45) is 0 Å². The van der Waals surface area contributed by atoms with Crippen molar-refractivity contribution in [3.05, 3.63) is 59.8 Å². The number of hydrogen-bond acceptors (Lipinski definition) is 9. The molecule has 3 aromatic heterocycles. The number of amides is 1. The van der Waals surface area contributed by atoms with Crippen LogP contribution in [0, 0.1) is 6.92 Å². The van der Waals surface area contributed by atoms with Crippen LogP contribution in [0.15, 0.2) is 42.9 Å². The van der Waals surface area contributed by atoms with E-state index in [0.717, 1.165) is 48.4 Å². The average molecular weight is 534 g/mol. The third kappa shape index (κ3) is 6.52. The number of aromatic nitrogens is 3. The van der Waals surface area contributed by atoms with Crippen LogP contribution in [0.4, 0.5) is 11.4 Å². The van der Waals surface area contributed by atoms with Gasteiger partial charge < -0.3 is 29.5 Å². The second-order valence-corrected chi connectivity index (χ2v) is 10.4. The lowest BCUT2D eigenvalue weighted by Gasteiger charge is -2.31. The largest absolute Gasteiger partial charge is 0.473 e. The number of hydrogen-bond donors (Lipinski definition) is 2. The number of morpholine rings is 1. The number of nitrogens with zero attached hydrogens (tertiary/aromatic N) is 4. The molecule has 0 atom stereocenters. The number of nitrogens with one attached hydrogen (secondary N) is 1. The monoisotopic (exact) mass is 533 g/mol. The Morgan fingerprint density at radius 2 is 1.79 bits per heavy atom. The summed E-state index contributed by atoms with van der Waals surface area (Å²) in [4.78, 5) is 28.7. The summed E-state index contributed by atoms with van der Waals surface area (Å²) in [6.07, 6.45) is 6.68. The van der Waals surface area contributed by atoms with Crippen molar-refractivity contribution in [2.75, 3.05) is 49.7 Å². The van der Waals surface area contributed by atoms with Crippen LogP contribution in [-0.4, -0.2) is 71.6 Å². The van der Waals surface area contributed by atoms with Crippen molar-refractivity contribution >= 4 is 17.3 Å². The standard InChI is InChI=1S/C29H35N5O5/c1-19-24(16-22(18-31-19)33-27(35)25-15-21(4-7-30-25)29(2,3)36)20-14-26(34-8-12-38-13-9-34)28(32-17-20)39-23-5-10-37-11-6-23/h4,7,14-18,23,36H,5-6,8-13H2,1-3H3,(H,33,35). The first-order valence-corrected chi connectivity index (χ1v) is 13.3. The van der Waals surface area contributed by atoms with E-state index in [1.54, 1.807) is 38.4 Å². The van der Waals surface area contributed by atoms with Crippen molar-refractivity contribution in [1.29, 1.82) is 0 Å². The molecule has 5 rings (SSSR count). The summed E-state index contributed by atoms with van der Waals surface area (Å²) in [5.41, 5.74) is 3.73. The van der Waals surface area contributed by atoms with E-state index in [2.05, 4.69) is 26.3 Å². The van der Waals surface area contributed by atoms with Gasteiger partial charge in [-0.15, -0.1) is 0 Å². The number of rotatable bonds is 7. The van der Waals surface area contributed by atoms with Crippen LogP contribution in [0.25, 0.3) is 11.1 Å². The molecule has 3 aromatic rings. The molecule has 0 aliphatic carbocycles. The van der Waals surface area contributed by atoms with E-state index in [0.29, 0.717) is 43.6 Å². The van der Waals surface area contributed by atoms with E-state index in [4.69, 9.17) is 19.2 Å². The molecule has 2 fully saturated rings. The van der Waals surface area contributed by atoms with Crippen LogP contribution in [0.2, 0.25) is 0 Å². The zero-order valence-electron chi connectivity index (χ0n) is 22.6. The van der Waals surface area contributed by atoms with E-state index in [-0.39, 0.29) is 17.7 Å². The van der Waals surface area contributed by atoms with E-state index in [9.17, 15) is 9.90 Å². The summed E-state index contributed by atoms with van der Waals surface area (Å²) in [5.74, 6) is 0.227. The number of anilines is 2. The summed E-state index contributed by atoms with van der Waals surface area (Å²) in [6.45, 7) is 9.43. The summed E-state index contributed by atoms with van der Waals surface area (Å²) in [7, 11) is 0. The quantitative estimate of drug-likeness (QED) is 0.468. The van der Waals surface area contributed by atoms with Gasteiger partial charge in [0.2, 0.25) is 5.88 Å². The SMILES string of the molecule is Cc1ncc(NC(=O)c2cc(C(C)(C)O)ccn2)cc1-c1cnc(OC2CCOCC2)c(N2CCOCC2)c1. The van der Waals surface area contributed by atoms with Crippen molar-refractivity contribution in [1.82, 2.24) is 15.0 Å². The summed E-state index contributed by atoms with van der Waals surface area (Å²) in [6, 6.07) is 7.25. The number of aryl methyl sites for hydroxylation is 1. The normalized spacial score (nSPS) is 16.7. The Morgan fingerprint density at radius 1 is 1.05 bits per heavy atom. The van der Waals surface area contributed by atoms with E-state index >= 15 is 0 Å². The van der Waals surface area contributed by atoms with Crippen LogP contribution < -0.4 is 15.0 Å². The smallest absolute Gasteiger partial charge is 0.274 e. The Hall–Kier alpha value is -3.60. The molecule has 0 radical (unpaired) electrons. The van der Waals surface area contributed by atoms with Gasteiger partial charge >= 0.3 is 0 Å². The van der Waals surface area contributed by atoms with Gasteiger partial charge in [0.05, 0.1) is 43.9 Å². The number of pyridine rings is 3. The zero-order valence-corrected chi connectivity index (χ0v) is 22.6. The minimum absolute atomic E-state index is 0.0716. The Morgan fingerprint density at radius 3 is 2.54 bits per heavy atom. The first kappa shape index (κ1) is 27.0. The van der Waals surface area contributed by atoms with Crippen LogP contribution >= 0.6 is 0 Å². The topological polar surface area (TPSA) is 119 Å². The highest BCUT2D eigenvalue weighted by Gasteiger charge is 2.23.